The molecule has 7 heteroatoms. The van der Waals surface area contributed by atoms with Gasteiger partial charge in [-0.05, 0) is 18.2 Å². The molecule has 1 unspecified atom stereocenters. The van der Waals surface area contributed by atoms with Gasteiger partial charge >= 0.3 is 5.97 Å². The molecule has 0 radical (unpaired) electrons. The molecule has 104 valence electrons. The van der Waals surface area contributed by atoms with Crippen LogP contribution < -0.4 is 10.1 Å². The number of carbonyl (C=O) groups is 2. The molecule has 1 aromatic rings. The van der Waals surface area contributed by atoms with Gasteiger partial charge in [-0.1, -0.05) is 0 Å². The molecule has 0 aliphatic carbocycles. The number of halogens is 1. The Balaban J connectivity index is 2.56. The predicted octanol–water partition coefficient (Wildman–Crippen LogP) is 0.400. The van der Waals surface area contributed by atoms with Crippen molar-refractivity contribution in [3.63, 3.8) is 0 Å². The molecular weight excluding hydrogens is 257 g/mol. The third-order valence-corrected chi connectivity index (χ3v) is 2.40. The van der Waals surface area contributed by atoms with E-state index in [1.165, 1.54) is 19.2 Å². The molecule has 0 bridgehead atoms. The van der Waals surface area contributed by atoms with Crippen molar-refractivity contribution in [1.82, 2.24) is 5.32 Å². The van der Waals surface area contributed by atoms with Crippen LogP contribution >= 0.6 is 0 Å². The molecule has 3 N–H and O–H groups in total. The van der Waals surface area contributed by atoms with Gasteiger partial charge in [0, 0.05) is 18.5 Å². The Hall–Kier alpha value is -2.15. The third kappa shape index (κ3) is 4.22. The zero-order valence-corrected chi connectivity index (χ0v) is 10.2. The minimum absolute atomic E-state index is 0.00794. The van der Waals surface area contributed by atoms with Gasteiger partial charge in [0.05, 0.1) is 7.11 Å². The van der Waals surface area contributed by atoms with Crippen molar-refractivity contribution in [2.24, 2.45) is 0 Å². The zero-order chi connectivity index (χ0) is 14.4. The normalized spacial score (nSPS) is 11.7. The van der Waals surface area contributed by atoms with Gasteiger partial charge < -0.3 is 20.3 Å². The van der Waals surface area contributed by atoms with E-state index in [4.69, 9.17) is 14.9 Å². The second kappa shape index (κ2) is 6.69. The van der Waals surface area contributed by atoms with Gasteiger partial charge in [0.2, 0.25) is 0 Å². The summed E-state index contributed by atoms with van der Waals surface area (Å²) in [7, 11) is 1.28. The molecule has 1 amide bonds. The summed E-state index contributed by atoms with van der Waals surface area (Å²) in [4.78, 5) is 22.0. The number of aliphatic carboxylic acids is 1. The number of ether oxygens (including phenoxy) is 1. The highest BCUT2D eigenvalue weighted by Crippen LogP contribution is 2.17. The Labute approximate surface area is 108 Å². The predicted molar refractivity (Wildman–Crippen MR) is 63.5 cm³/mol. The average molecular weight is 271 g/mol. The van der Waals surface area contributed by atoms with Gasteiger partial charge in [0.25, 0.3) is 5.91 Å². The molecular formula is C12H14FNO5. The van der Waals surface area contributed by atoms with Crippen LogP contribution in [0.1, 0.15) is 16.8 Å². The van der Waals surface area contributed by atoms with E-state index in [2.05, 4.69) is 5.32 Å². The lowest BCUT2D eigenvalue weighted by molar-refractivity contribution is -0.146. The lowest BCUT2D eigenvalue weighted by atomic mass is 10.2. The Morgan fingerprint density at radius 2 is 2.16 bits per heavy atom. The number of aliphatic hydroxyl groups is 1. The molecule has 0 aliphatic rings. The first-order chi connectivity index (χ1) is 8.95. The molecule has 6 nitrogen and oxygen atoms in total. The van der Waals surface area contributed by atoms with Crippen LogP contribution in [0.3, 0.4) is 0 Å². The fraction of sp³-hybridized carbons (Fsp3) is 0.333. The minimum Gasteiger partial charge on any atom is -0.494 e. The molecule has 0 aliphatic heterocycles. The van der Waals surface area contributed by atoms with E-state index in [9.17, 15) is 14.0 Å². The molecule has 0 saturated carbocycles. The number of carboxylic acids is 1. The molecule has 0 spiro atoms. The summed E-state index contributed by atoms with van der Waals surface area (Å²) < 4.78 is 17.9. The van der Waals surface area contributed by atoms with Gasteiger partial charge in [0.15, 0.2) is 17.7 Å². The highest BCUT2D eigenvalue weighted by molar-refractivity contribution is 5.94. The number of carbonyl (C=O) groups excluding carboxylic acids is 1. The maximum atomic E-state index is 13.1. The second-order valence-electron chi connectivity index (χ2n) is 3.75. The number of carboxylic acid groups (broad SMARTS) is 1. The van der Waals surface area contributed by atoms with Crippen LogP contribution in [0.25, 0.3) is 0 Å². The molecule has 0 saturated heterocycles. The molecule has 1 atom stereocenters. The quantitative estimate of drug-likeness (QED) is 0.696. The monoisotopic (exact) mass is 271 g/mol. The summed E-state index contributed by atoms with van der Waals surface area (Å²) in [5.74, 6) is -2.49. The number of amides is 1. The van der Waals surface area contributed by atoms with Crippen molar-refractivity contribution in [3.05, 3.63) is 29.6 Å². The Bertz CT molecular complexity index is 477. The van der Waals surface area contributed by atoms with Gasteiger partial charge in [-0.15, -0.1) is 0 Å². The van der Waals surface area contributed by atoms with Gasteiger partial charge in [0.1, 0.15) is 0 Å². The summed E-state index contributed by atoms with van der Waals surface area (Å²) in [6, 6.07) is 3.61. The number of rotatable bonds is 6. The minimum atomic E-state index is -1.52. The lowest BCUT2D eigenvalue weighted by Gasteiger charge is -2.08. The first-order valence-electron chi connectivity index (χ1n) is 5.48. The van der Waals surface area contributed by atoms with E-state index in [1.807, 2.05) is 0 Å². The van der Waals surface area contributed by atoms with Gasteiger partial charge in [-0.25, -0.2) is 9.18 Å². The van der Waals surface area contributed by atoms with E-state index in [0.29, 0.717) is 0 Å². The number of hydrogen-bond donors (Lipinski definition) is 3. The van der Waals surface area contributed by atoms with Crippen LogP contribution in [0.15, 0.2) is 18.2 Å². The Morgan fingerprint density at radius 3 is 2.74 bits per heavy atom. The standard InChI is InChI=1S/C12H14FNO5/c1-19-10-6-7(2-3-8(10)13)11(16)14-5-4-9(15)12(17)18/h2-3,6,9,15H,4-5H2,1H3,(H,14,16)(H,17,18). The summed E-state index contributed by atoms with van der Waals surface area (Å²) in [6.07, 6.45) is -1.64. The summed E-state index contributed by atoms with van der Waals surface area (Å²) >= 11 is 0. The smallest absolute Gasteiger partial charge is 0.332 e. The van der Waals surface area contributed by atoms with E-state index < -0.39 is 23.8 Å². The Kier molecular flexibility index (Phi) is 5.25. The molecule has 0 aromatic heterocycles. The third-order valence-electron chi connectivity index (χ3n) is 2.40. The number of hydrogen-bond acceptors (Lipinski definition) is 4. The SMILES string of the molecule is COc1cc(C(=O)NCCC(O)C(=O)O)ccc1F. The maximum Gasteiger partial charge on any atom is 0.332 e. The summed E-state index contributed by atoms with van der Waals surface area (Å²) in [5.41, 5.74) is 0.183. The first kappa shape index (κ1) is 14.9. The van der Waals surface area contributed by atoms with Crippen LogP contribution in [-0.2, 0) is 4.79 Å². The highest BCUT2D eigenvalue weighted by atomic mass is 19.1. The van der Waals surface area contributed by atoms with E-state index in [-0.39, 0.29) is 24.3 Å². The van der Waals surface area contributed by atoms with Crippen LogP contribution in [0, 0.1) is 5.82 Å². The summed E-state index contributed by atoms with van der Waals surface area (Å²) in [6.45, 7) is -0.00794. The molecule has 1 rings (SSSR count). The lowest BCUT2D eigenvalue weighted by Crippen LogP contribution is -2.30. The van der Waals surface area contributed by atoms with Crippen molar-refractivity contribution >= 4 is 11.9 Å². The van der Waals surface area contributed by atoms with Crippen molar-refractivity contribution in [3.8, 4) is 5.75 Å². The summed E-state index contributed by atoms with van der Waals surface area (Å²) in [5, 5.41) is 19.9. The van der Waals surface area contributed by atoms with Crippen molar-refractivity contribution in [1.29, 1.82) is 0 Å². The molecule has 0 heterocycles. The average Bonchev–Trinajstić information content (AvgIpc) is 2.38. The number of nitrogens with one attached hydrogen (secondary N) is 1. The second-order valence-corrected chi connectivity index (χ2v) is 3.75. The number of methoxy groups -OCH3 is 1. The number of aliphatic hydroxyl groups excluding tert-OH is 1. The fourth-order valence-electron chi connectivity index (χ4n) is 1.35. The first-order valence-corrected chi connectivity index (χ1v) is 5.48. The largest absolute Gasteiger partial charge is 0.494 e. The van der Waals surface area contributed by atoms with Crippen LogP contribution in [0.2, 0.25) is 0 Å². The van der Waals surface area contributed by atoms with Crippen molar-refractivity contribution < 1.29 is 28.9 Å². The molecule has 1 aromatic carbocycles. The Morgan fingerprint density at radius 1 is 1.47 bits per heavy atom. The van der Waals surface area contributed by atoms with Crippen molar-refractivity contribution in [2.45, 2.75) is 12.5 Å². The van der Waals surface area contributed by atoms with E-state index in [1.54, 1.807) is 0 Å². The maximum absolute atomic E-state index is 13.1. The topological polar surface area (TPSA) is 95.9 Å². The molecule has 19 heavy (non-hydrogen) atoms. The highest BCUT2D eigenvalue weighted by Gasteiger charge is 2.14. The fourth-order valence-corrected chi connectivity index (χ4v) is 1.35. The zero-order valence-electron chi connectivity index (χ0n) is 10.2. The van der Waals surface area contributed by atoms with Crippen LogP contribution in [-0.4, -0.2) is 41.8 Å². The van der Waals surface area contributed by atoms with Crippen LogP contribution in [0.4, 0.5) is 4.39 Å². The van der Waals surface area contributed by atoms with Crippen molar-refractivity contribution in [2.75, 3.05) is 13.7 Å². The van der Waals surface area contributed by atoms with Gasteiger partial charge in [-0.2, -0.15) is 0 Å². The molecule has 0 fully saturated rings. The number of benzene rings is 1. The van der Waals surface area contributed by atoms with Gasteiger partial charge in [-0.3, -0.25) is 4.79 Å². The van der Waals surface area contributed by atoms with E-state index >= 15 is 0 Å². The van der Waals surface area contributed by atoms with Crippen LogP contribution in [0.5, 0.6) is 5.75 Å². The van der Waals surface area contributed by atoms with E-state index in [0.717, 1.165) is 6.07 Å².